The highest BCUT2D eigenvalue weighted by molar-refractivity contribution is 6.44. The molecule has 0 atom stereocenters. The summed E-state index contributed by atoms with van der Waals surface area (Å²) >= 11 is 17.9. The van der Waals surface area contributed by atoms with Gasteiger partial charge in [-0.2, -0.15) is 0 Å². The Labute approximate surface area is 121 Å². The molecule has 94 valence electrons. The van der Waals surface area contributed by atoms with Gasteiger partial charge in [-0.05, 0) is 30.7 Å². The van der Waals surface area contributed by atoms with Crippen LogP contribution in [0.4, 0.5) is 5.69 Å². The summed E-state index contributed by atoms with van der Waals surface area (Å²) in [6.45, 7) is 2.58. The topological polar surface area (TPSA) is 24.9 Å². The minimum atomic E-state index is 0.448. The van der Waals surface area contributed by atoms with Crippen molar-refractivity contribution in [2.24, 2.45) is 0 Å². The van der Waals surface area contributed by atoms with E-state index in [1.165, 1.54) is 0 Å². The SMILES string of the molecule is Cc1ccc(CNc2cc(Cl)c(Cl)cc2Cl)cn1. The average Bonchev–Trinajstić information content (AvgIpc) is 2.34. The summed E-state index contributed by atoms with van der Waals surface area (Å²) in [5, 5.41) is 4.67. The van der Waals surface area contributed by atoms with Crippen molar-refractivity contribution in [3.8, 4) is 0 Å². The van der Waals surface area contributed by atoms with E-state index in [9.17, 15) is 0 Å². The maximum absolute atomic E-state index is 6.07. The number of aryl methyl sites for hydroxylation is 1. The summed E-state index contributed by atoms with van der Waals surface area (Å²) in [7, 11) is 0. The third-order valence-corrected chi connectivity index (χ3v) is 3.50. The quantitative estimate of drug-likeness (QED) is 0.810. The largest absolute Gasteiger partial charge is 0.380 e. The number of benzene rings is 1. The summed E-state index contributed by atoms with van der Waals surface area (Å²) in [4.78, 5) is 4.23. The molecule has 0 aliphatic carbocycles. The number of halogens is 3. The molecule has 1 aromatic heterocycles. The van der Waals surface area contributed by atoms with Crippen molar-refractivity contribution < 1.29 is 0 Å². The molecule has 0 aliphatic rings. The Balaban J connectivity index is 2.10. The molecule has 0 fully saturated rings. The van der Waals surface area contributed by atoms with E-state index in [1.807, 2.05) is 25.3 Å². The van der Waals surface area contributed by atoms with Crippen molar-refractivity contribution in [1.29, 1.82) is 0 Å². The van der Waals surface area contributed by atoms with Crippen LogP contribution in [0.25, 0.3) is 0 Å². The van der Waals surface area contributed by atoms with E-state index in [1.54, 1.807) is 12.1 Å². The van der Waals surface area contributed by atoms with Crippen molar-refractivity contribution in [3.63, 3.8) is 0 Å². The van der Waals surface area contributed by atoms with E-state index in [0.29, 0.717) is 21.6 Å². The van der Waals surface area contributed by atoms with Gasteiger partial charge in [-0.1, -0.05) is 40.9 Å². The van der Waals surface area contributed by atoms with E-state index >= 15 is 0 Å². The number of pyridine rings is 1. The molecule has 0 saturated carbocycles. The zero-order chi connectivity index (χ0) is 13.1. The zero-order valence-corrected chi connectivity index (χ0v) is 11.9. The van der Waals surface area contributed by atoms with Gasteiger partial charge in [-0.15, -0.1) is 0 Å². The molecule has 0 spiro atoms. The average molecular weight is 302 g/mol. The van der Waals surface area contributed by atoms with Crippen molar-refractivity contribution >= 4 is 40.5 Å². The highest BCUT2D eigenvalue weighted by Crippen LogP contribution is 2.32. The normalized spacial score (nSPS) is 10.4. The molecule has 1 aromatic carbocycles. The Morgan fingerprint density at radius 2 is 1.78 bits per heavy atom. The lowest BCUT2D eigenvalue weighted by molar-refractivity contribution is 1.09. The van der Waals surface area contributed by atoms with Gasteiger partial charge < -0.3 is 5.32 Å². The van der Waals surface area contributed by atoms with Gasteiger partial charge in [-0.3, -0.25) is 4.98 Å². The monoisotopic (exact) mass is 300 g/mol. The van der Waals surface area contributed by atoms with Gasteiger partial charge in [0, 0.05) is 18.4 Å². The number of nitrogens with zero attached hydrogens (tertiary/aromatic N) is 1. The molecule has 2 aromatic rings. The fourth-order valence-corrected chi connectivity index (χ4v) is 2.07. The molecule has 0 saturated heterocycles. The number of hydrogen-bond acceptors (Lipinski definition) is 2. The van der Waals surface area contributed by atoms with Gasteiger partial charge >= 0.3 is 0 Å². The fourth-order valence-electron chi connectivity index (χ4n) is 1.46. The fraction of sp³-hybridized carbons (Fsp3) is 0.154. The second-order valence-electron chi connectivity index (χ2n) is 3.91. The lowest BCUT2D eigenvalue weighted by Gasteiger charge is -2.09. The van der Waals surface area contributed by atoms with E-state index in [-0.39, 0.29) is 0 Å². The van der Waals surface area contributed by atoms with Crippen LogP contribution in [0.3, 0.4) is 0 Å². The lowest BCUT2D eigenvalue weighted by Crippen LogP contribution is -2.00. The Kier molecular flexibility index (Phi) is 4.33. The highest BCUT2D eigenvalue weighted by atomic mass is 35.5. The molecule has 0 aliphatic heterocycles. The molecule has 18 heavy (non-hydrogen) atoms. The molecule has 1 heterocycles. The second kappa shape index (κ2) is 5.79. The molecule has 0 bridgehead atoms. The molecule has 1 N–H and O–H groups in total. The second-order valence-corrected chi connectivity index (χ2v) is 5.13. The Morgan fingerprint density at radius 3 is 2.44 bits per heavy atom. The molecule has 0 amide bonds. The summed E-state index contributed by atoms with van der Waals surface area (Å²) in [6.07, 6.45) is 1.83. The van der Waals surface area contributed by atoms with Gasteiger partial charge in [0.2, 0.25) is 0 Å². The number of rotatable bonds is 3. The molecular formula is C13H11Cl3N2. The Bertz CT molecular complexity index is 553. The summed E-state index contributed by atoms with van der Waals surface area (Å²) < 4.78 is 0. The van der Waals surface area contributed by atoms with Gasteiger partial charge in [0.05, 0.1) is 20.8 Å². The van der Waals surface area contributed by atoms with Crippen LogP contribution in [-0.4, -0.2) is 4.98 Å². The standard InChI is InChI=1S/C13H11Cl3N2/c1-8-2-3-9(6-17-8)7-18-13-5-11(15)10(14)4-12(13)16/h2-6,18H,7H2,1H3. The van der Waals surface area contributed by atoms with E-state index in [0.717, 1.165) is 16.9 Å². The van der Waals surface area contributed by atoms with Crippen LogP contribution >= 0.6 is 34.8 Å². The van der Waals surface area contributed by atoms with Crippen LogP contribution < -0.4 is 5.32 Å². The lowest BCUT2D eigenvalue weighted by atomic mass is 10.2. The predicted molar refractivity (Wildman–Crippen MR) is 77.8 cm³/mol. The van der Waals surface area contributed by atoms with E-state index in [4.69, 9.17) is 34.8 Å². The summed E-state index contributed by atoms with van der Waals surface area (Å²) in [6, 6.07) is 7.32. The van der Waals surface area contributed by atoms with Crippen molar-refractivity contribution in [2.75, 3.05) is 5.32 Å². The first-order valence-electron chi connectivity index (χ1n) is 5.36. The zero-order valence-electron chi connectivity index (χ0n) is 9.67. The van der Waals surface area contributed by atoms with Crippen LogP contribution in [0.5, 0.6) is 0 Å². The van der Waals surface area contributed by atoms with Gasteiger partial charge in [-0.25, -0.2) is 0 Å². The van der Waals surface area contributed by atoms with Crippen LogP contribution in [0.1, 0.15) is 11.3 Å². The van der Waals surface area contributed by atoms with Crippen molar-refractivity contribution in [3.05, 3.63) is 56.8 Å². The molecular weight excluding hydrogens is 291 g/mol. The molecule has 0 unspecified atom stereocenters. The van der Waals surface area contributed by atoms with Crippen molar-refractivity contribution in [2.45, 2.75) is 13.5 Å². The minimum absolute atomic E-state index is 0.448. The maximum atomic E-state index is 6.07. The minimum Gasteiger partial charge on any atom is -0.380 e. The number of hydrogen-bond donors (Lipinski definition) is 1. The summed E-state index contributed by atoms with van der Waals surface area (Å²) in [5.74, 6) is 0. The van der Waals surface area contributed by atoms with E-state index in [2.05, 4.69) is 10.3 Å². The first kappa shape index (κ1) is 13.5. The molecule has 0 radical (unpaired) electrons. The maximum Gasteiger partial charge on any atom is 0.0653 e. The van der Waals surface area contributed by atoms with Crippen LogP contribution in [0.2, 0.25) is 15.1 Å². The Hall–Kier alpha value is -0.960. The number of nitrogens with one attached hydrogen (secondary N) is 1. The Morgan fingerprint density at radius 1 is 1.06 bits per heavy atom. The van der Waals surface area contributed by atoms with Gasteiger partial charge in [0.1, 0.15) is 0 Å². The smallest absolute Gasteiger partial charge is 0.0653 e. The van der Waals surface area contributed by atoms with Crippen LogP contribution in [0, 0.1) is 6.92 Å². The third kappa shape index (κ3) is 3.29. The molecule has 2 nitrogen and oxygen atoms in total. The first-order valence-corrected chi connectivity index (χ1v) is 6.49. The van der Waals surface area contributed by atoms with E-state index < -0.39 is 0 Å². The number of aromatic nitrogens is 1. The predicted octanol–water partition coefficient (Wildman–Crippen LogP) is 4.96. The molecule has 5 heteroatoms. The first-order chi connectivity index (χ1) is 8.56. The third-order valence-electron chi connectivity index (χ3n) is 2.47. The van der Waals surface area contributed by atoms with Crippen molar-refractivity contribution in [1.82, 2.24) is 4.98 Å². The summed E-state index contributed by atoms with van der Waals surface area (Å²) in [5.41, 5.74) is 2.82. The van der Waals surface area contributed by atoms with Crippen LogP contribution in [0.15, 0.2) is 30.5 Å². The number of anilines is 1. The molecule has 2 rings (SSSR count). The van der Waals surface area contributed by atoms with Gasteiger partial charge in [0.25, 0.3) is 0 Å². The van der Waals surface area contributed by atoms with Crippen LogP contribution in [-0.2, 0) is 6.54 Å². The highest BCUT2D eigenvalue weighted by Gasteiger charge is 2.05. The van der Waals surface area contributed by atoms with Gasteiger partial charge in [0.15, 0.2) is 0 Å².